The lowest BCUT2D eigenvalue weighted by atomic mass is 10.1. The van der Waals surface area contributed by atoms with Crippen LogP contribution in [-0.2, 0) is 7.05 Å². The van der Waals surface area contributed by atoms with E-state index < -0.39 is 0 Å². The third kappa shape index (κ3) is 3.87. The number of rotatable bonds is 7. The molecule has 5 nitrogen and oxygen atoms in total. The van der Waals surface area contributed by atoms with E-state index in [2.05, 4.69) is 17.3 Å². The lowest BCUT2D eigenvalue weighted by Gasteiger charge is -2.03. The van der Waals surface area contributed by atoms with E-state index in [-0.39, 0.29) is 5.91 Å². The fourth-order valence-electron chi connectivity index (χ4n) is 2.28. The summed E-state index contributed by atoms with van der Waals surface area (Å²) in [5.41, 5.74) is 2.35. The Kier molecular flexibility index (Phi) is 5.58. The van der Waals surface area contributed by atoms with Gasteiger partial charge in [0.15, 0.2) is 5.69 Å². The van der Waals surface area contributed by atoms with Gasteiger partial charge in [-0.1, -0.05) is 19.8 Å². The standard InChI is InChI=1S/C17H23N3O2/c1-4-5-6-11-18-17(21)15-12-16(20(2)19-15)13-7-9-14(22-3)10-8-13/h7-10,12H,4-6,11H2,1-3H3,(H,18,21). The Morgan fingerprint density at radius 3 is 2.64 bits per heavy atom. The van der Waals surface area contributed by atoms with E-state index in [0.717, 1.165) is 36.3 Å². The second-order valence-electron chi connectivity index (χ2n) is 5.23. The van der Waals surface area contributed by atoms with Crippen molar-refractivity contribution in [2.24, 2.45) is 7.05 Å². The minimum absolute atomic E-state index is 0.119. The molecular weight excluding hydrogens is 278 g/mol. The molecule has 1 N–H and O–H groups in total. The van der Waals surface area contributed by atoms with Crippen LogP contribution in [0.25, 0.3) is 11.3 Å². The molecule has 0 saturated heterocycles. The maximum absolute atomic E-state index is 12.1. The number of carbonyl (C=O) groups excluding carboxylic acids is 1. The number of ether oxygens (including phenoxy) is 1. The van der Waals surface area contributed by atoms with Gasteiger partial charge in [0, 0.05) is 19.2 Å². The van der Waals surface area contributed by atoms with Crippen LogP contribution in [0.15, 0.2) is 30.3 Å². The molecule has 0 aliphatic rings. The minimum Gasteiger partial charge on any atom is -0.497 e. The van der Waals surface area contributed by atoms with Crippen molar-refractivity contribution in [2.45, 2.75) is 26.2 Å². The van der Waals surface area contributed by atoms with Crippen molar-refractivity contribution in [3.63, 3.8) is 0 Å². The first kappa shape index (κ1) is 16.1. The Bertz CT molecular complexity index is 617. The van der Waals surface area contributed by atoms with Crippen LogP contribution in [0, 0.1) is 0 Å². The predicted molar refractivity (Wildman–Crippen MR) is 87.1 cm³/mol. The van der Waals surface area contributed by atoms with E-state index in [1.54, 1.807) is 11.8 Å². The zero-order valence-corrected chi connectivity index (χ0v) is 13.4. The number of hydrogen-bond acceptors (Lipinski definition) is 3. The molecule has 1 aromatic carbocycles. The highest BCUT2D eigenvalue weighted by molar-refractivity contribution is 5.93. The van der Waals surface area contributed by atoms with E-state index in [4.69, 9.17) is 4.74 Å². The smallest absolute Gasteiger partial charge is 0.271 e. The topological polar surface area (TPSA) is 56.1 Å². The van der Waals surface area contributed by atoms with E-state index >= 15 is 0 Å². The Morgan fingerprint density at radius 2 is 2.00 bits per heavy atom. The van der Waals surface area contributed by atoms with E-state index in [1.165, 1.54) is 0 Å². The van der Waals surface area contributed by atoms with Crippen LogP contribution in [0.4, 0.5) is 0 Å². The SMILES string of the molecule is CCCCCNC(=O)c1cc(-c2ccc(OC)cc2)n(C)n1. The van der Waals surface area contributed by atoms with Gasteiger partial charge in [-0.15, -0.1) is 0 Å². The molecule has 22 heavy (non-hydrogen) atoms. The van der Waals surface area contributed by atoms with Crippen molar-refractivity contribution in [2.75, 3.05) is 13.7 Å². The molecule has 0 aliphatic heterocycles. The van der Waals surface area contributed by atoms with E-state index in [9.17, 15) is 4.79 Å². The summed E-state index contributed by atoms with van der Waals surface area (Å²) < 4.78 is 6.88. The number of carbonyl (C=O) groups is 1. The highest BCUT2D eigenvalue weighted by Crippen LogP contribution is 2.22. The van der Waals surface area contributed by atoms with Crippen LogP contribution in [0.5, 0.6) is 5.75 Å². The highest BCUT2D eigenvalue weighted by Gasteiger charge is 2.13. The average molecular weight is 301 g/mol. The molecule has 2 rings (SSSR count). The van der Waals surface area contributed by atoms with Gasteiger partial charge >= 0.3 is 0 Å². The van der Waals surface area contributed by atoms with Crippen LogP contribution in [-0.4, -0.2) is 29.3 Å². The highest BCUT2D eigenvalue weighted by atomic mass is 16.5. The summed E-state index contributed by atoms with van der Waals surface area (Å²) >= 11 is 0. The maximum Gasteiger partial charge on any atom is 0.271 e. The molecule has 1 amide bonds. The molecule has 1 heterocycles. The van der Waals surface area contributed by atoms with Crippen molar-refractivity contribution in [3.05, 3.63) is 36.0 Å². The Balaban J connectivity index is 2.08. The first-order valence-corrected chi connectivity index (χ1v) is 7.62. The molecule has 2 aromatic rings. The lowest BCUT2D eigenvalue weighted by Crippen LogP contribution is -2.24. The van der Waals surface area contributed by atoms with Gasteiger partial charge in [0.2, 0.25) is 0 Å². The van der Waals surface area contributed by atoms with Crippen LogP contribution >= 0.6 is 0 Å². The maximum atomic E-state index is 12.1. The van der Waals surface area contributed by atoms with Crippen molar-refractivity contribution in [1.29, 1.82) is 0 Å². The number of aryl methyl sites for hydroxylation is 1. The first-order valence-electron chi connectivity index (χ1n) is 7.62. The monoisotopic (exact) mass is 301 g/mol. The van der Waals surface area contributed by atoms with Crippen LogP contribution in [0.1, 0.15) is 36.7 Å². The summed E-state index contributed by atoms with van der Waals surface area (Å²) in [6, 6.07) is 9.52. The molecule has 0 spiro atoms. The summed E-state index contributed by atoms with van der Waals surface area (Å²) in [7, 11) is 3.48. The van der Waals surface area contributed by atoms with Gasteiger partial charge in [-0.25, -0.2) is 0 Å². The zero-order valence-electron chi connectivity index (χ0n) is 13.4. The number of nitrogens with zero attached hydrogens (tertiary/aromatic N) is 2. The first-order chi connectivity index (χ1) is 10.7. The van der Waals surface area contributed by atoms with E-state index in [0.29, 0.717) is 12.2 Å². The van der Waals surface area contributed by atoms with Crippen LogP contribution in [0.3, 0.4) is 0 Å². The van der Waals surface area contributed by atoms with Gasteiger partial charge in [0.05, 0.1) is 12.8 Å². The van der Waals surface area contributed by atoms with Gasteiger partial charge in [0.1, 0.15) is 5.75 Å². The van der Waals surface area contributed by atoms with Gasteiger partial charge < -0.3 is 10.1 Å². The number of aromatic nitrogens is 2. The summed E-state index contributed by atoms with van der Waals surface area (Å²) in [6.45, 7) is 2.84. The molecular formula is C17H23N3O2. The molecule has 5 heteroatoms. The van der Waals surface area contributed by atoms with Gasteiger partial charge in [0.25, 0.3) is 5.91 Å². The van der Waals surface area contributed by atoms with Crippen molar-refractivity contribution < 1.29 is 9.53 Å². The molecule has 0 atom stereocenters. The third-order valence-corrected chi connectivity index (χ3v) is 3.56. The zero-order chi connectivity index (χ0) is 15.9. The fourth-order valence-corrected chi connectivity index (χ4v) is 2.28. The molecule has 0 radical (unpaired) electrons. The van der Waals surface area contributed by atoms with Crippen molar-refractivity contribution >= 4 is 5.91 Å². The number of nitrogens with one attached hydrogen (secondary N) is 1. The Morgan fingerprint density at radius 1 is 1.27 bits per heavy atom. The quantitative estimate of drug-likeness (QED) is 0.800. The number of benzene rings is 1. The molecule has 0 aliphatic carbocycles. The number of methoxy groups -OCH3 is 1. The summed E-state index contributed by atoms with van der Waals surface area (Å²) in [5, 5.41) is 7.21. The molecule has 1 aromatic heterocycles. The lowest BCUT2D eigenvalue weighted by molar-refractivity contribution is 0.0947. The minimum atomic E-state index is -0.119. The second kappa shape index (κ2) is 7.64. The largest absolute Gasteiger partial charge is 0.497 e. The van der Waals surface area contributed by atoms with Gasteiger partial charge in [-0.2, -0.15) is 5.10 Å². The second-order valence-corrected chi connectivity index (χ2v) is 5.23. The Hall–Kier alpha value is -2.30. The molecule has 0 unspecified atom stereocenters. The summed E-state index contributed by atoms with van der Waals surface area (Å²) in [4.78, 5) is 12.1. The van der Waals surface area contributed by atoms with Crippen LogP contribution in [0.2, 0.25) is 0 Å². The van der Waals surface area contributed by atoms with Crippen molar-refractivity contribution in [1.82, 2.24) is 15.1 Å². The summed E-state index contributed by atoms with van der Waals surface area (Å²) in [5.74, 6) is 0.686. The van der Waals surface area contributed by atoms with E-state index in [1.807, 2.05) is 37.4 Å². The molecule has 0 saturated carbocycles. The van der Waals surface area contributed by atoms with Crippen LogP contribution < -0.4 is 10.1 Å². The number of hydrogen-bond donors (Lipinski definition) is 1. The predicted octanol–water partition coefficient (Wildman–Crippen LogP) is 3.02. The molecule has 0 bridgehead atoms. The molecule has 0 fully saturated rings. The summed E-state index contributed by atoms with van der Waals surface area (Å²) in [6.07, 6.45) is 3.26. The average Bonchev–Trinajstić information content (AvgIpc) is 2.93. The number of unbranched alkanes of at least 4 members (excludes halogenated alkanes) is 2. The van der Waals surface area contributed by atoms with Crippen molar-refractivity contribution in [3.8, 4) is 17.0 Å². The normalized spacial score (nSPS) is 10.5. The third-order valence-electron chi connectivity index (χ3n) is 3.56. The van der Waals surface area contributed by atoms with Gasteiger partial charge in [-0.05, 0) is 36.8 Å². The number of amides is 1. The Labute approximate surface area is 131 Å². The molecule has 118 valence electrons. The van der Waals surface area contributed by atoms with Gasteiger partial charge in [-0.3, -0.25) is 9.48 Å². The fraction of sp³-hybridized carbons (Fsp3) is 0.412.